The summed E-state index contributed by atoms with van der Waals surface area (Å²) in [5.41, 5.74) is -2.22. The van der Waals surface area contributed by atoms with E-state index in [4.69, 9.17) is 21.1 Å². The molecule has 11 nitrogen and oxygen atoms in total. The molecule has 0 atom stereocenters. The van der Waals surface area contributed by atoms with Crippen molar-refractivity contribution in [3.63, 3.8) is 0 Å². The molecule has 0 unspecified atom stereocenters. The summed E-state index contributed by atoms with van der Waals surface area (Å²) >= 11 is 5.95. The minimum atomic E-state index is -1.03. The third-order valence-corrected chi connectivity index (χ3v) is 4.15. The van der Waals surface area contributed by atoms with Crippen LogP contribution in [0.5, 0.6) is 0 Å². The highest BCUT2D eigenvalue weighted by molar-refractivity contribution is 6.28. The van der Waals surface area contributed by atoms with E-state index in [0.717, 1.165) is 4.90 Å². The van der Waals surface area contributed by atoms with Crippen molar-refractivity contribution in [1.29, 1.82) is 0 Å². The van der Waals surface area contributed by atoms with Gasteiger partial charge in [-0.2, -0.15) is 4.98 Å². The molecule has 160 valence electrons. The number of ether oxygens (including phenoxy) is 2. The number of carbonyl (C=O) groups is 2. The smallest absolute Gasteiger partial charge is 0.416 e. The van der Waals surface area contributed by atoms with Gasteiger partial charge in [0.2, 0.25) is 16.8 Å². The summed E-state index contributed by atoms with van der Waals surface area (Å²) in [5, 5.41) is 14.6. The molecule has 2 heterocycles. The Kier molecular flexibility index (Phi) is 7.31. The molecule has 1 aliphatic rings. The van der Waals surface area contributed by atoms with Crippen molar-refractivity contribution in [1.82, 2.24) is 15.3 Å². The summed E-state index contributed by atoms with van der Waals surface area (Å²) in [6, 6.07) is -0.439. The lowest BCUT2D eigenvalue weighted by Crippen LogP contribution is -2.49. The Balaban J connectivity index is 2.66. The highest BCUT2D eigenvalue weighted by Gasteiger charge is 2.40. The largest absolute Gasteiger partial charge is 0.461 e. The predicted molar refractivity (Wildman–Crippen MR) is 104 cm³/mol. The van der Waals surface area contributed by atoms with Crippen molar-refractivity contribution >= 4 is 35.2 Å². The third-order valence-electron chi connectivity index (χ3n) is 3.98. The Morgan fingerprint density at radius 3 is 2.45 bits per heavy atom. The van der Waals surface area contributed by atoms with E-state index >= 15 is 0 Å². The molecular weight excluding hydrogens is 406 g/mol. The topological polar surface area (TPSA) is 137 Å². The molecule has 0 saturated carbocycles. The normalized spacial score (nSPS) is 14.9. The summed E-state index contributed by atoms with van der Waals surface area (Å²) in [5.74, 6) is -1.42. The van der Waals surface area contributed by atoms with Crippen LogP contribution in [0.3, 0.4) is 0 Å². The zero-order chi connectivity index (χ0) is 21.8. The van der Waals surface area contributed by atoms with E-state index in [0.29, 0.717) is 25.9 Å². The molecule has 0 radical (unpaired) electrons. The minimum absolute atomic E-state index is 0.0168. The van der Waals surface area contributed by atoms with Crippen LogP contribution < -0.4 is 10.2 Å². The molecule has 12 heteroatoms. The molecule has 1 fully saturated rings. The van der Waals surface area contributed by atoms with Crippen LogP contribution in [0.15, 0.2) is 0 Å². The number of anilines is 1. The zero-order valence-corrected chi connectivity index (χ0v) is 17.5. The lowest BCUT2D eigenvalue weighted by atomic mass is 10.0. The van der Waals surface area contributed by atoms with Gasteiger partial charge in [0.25, 0.3) is 0 Å². The second kappa shape index (κ2) is 9.31. The van der Waals surface area contributed by atoms with Gasteiger partial charge < -0.3 is 14.8 Å². The minimum Gasteiger partial charge on any atom is -0.461 e. The molecule has 0 spiro atoms. The molecule has 0 aromatic carbocycles. The Hall–Kier alpha value is -2.53. The van der Waals surface area contributed by atoms with Crippen LogP contribution >= 0.6 is 11.6 Å². The Bertz CT molecular complexity index is 791. The quantitative estimate of drug-likeness (QED) is 0.324. The van der Waals surface area contributed by atoms with Gasteiger partial charge in [0.15, 0.2) is 0 Å². The number of esters is 1. The van der Waals surface area contributed by atoms with Crippen molar-refractivity contribution in [2.45, 2.75) is 52.2 Å². The number of halogens is 1. The van der Waals surface area contributed by atoms with Gasteiger partial charge in [0, 0.05) is 6.04 Å². The number of nitrogens with one attached hydrogen (secondary N) is 1. The van der Waals surface area contributed by atoms with Gasteiger partial charge in [-0.25, -0.2) is 14.6 Å². The van der Waals surface area contributed by atoms with E-state index in [1.807, 2.05) is 0 Å². The summed E-state index contributed by atoms with van der Waals surface area (Å²) in [6.45, 7) is 7.76. The lowest BCUT2D eigenvalue weighted by molar-refractivity contribution is -0.385. The van der Waals surface area contributed by atoms with E-state index in [1.165, 1.54) is 0 Å². The van der Waals surface area contributed by atoms with Gasteiger partial charge in [0.1, 0.15) is 5.60 Å². The Labute approximate surface area is 172 Å². The van der Waals surface area contributed by atoms with Gasteiger partial charge in [-0.05, 0) is 65.2 Å². The first-order valence-electron chi connectivity index (χ1n) is 9.17. The summed E-state index contributed by atoms with van der Waals surface area (Å²) in [4.78, 5) is 45.0. The number of aromatic nitrogens is 2. The summed E-state index contributed by atoms with van der Waals surface area (Å²) in [6.07, 6.45) is 0.191. The predicted octanol–water partition coefficient (Wildman–Crippen LogP) is 2.71. The number of amides is 1. The van der Waals surface area contributed by atoms with E-state index < -0.39 is 45.3 Å². The van der Waals surface area contributed by atoms with Gasteiger partial charge in [-0.15, -0.1) is 0 Å². The van der Waals surface area contributed by atoms with Gasteiger partial charge in [-0.3, -0.25) is 15.0 Å². The number of piperidine rings is 1. The van der Waals surface area contributed by atoms with Crippen LogP contribution in [0.4, 0.5) is 16.3 Å². The number of nitrogens with zero attached hydrogens (tertiary/aromatic N) is 4. The third kappa shape index (κ3) is 5.73. The van der Waals surface area contributed by atoms with Gasteiger partial charge >= 0.3 is 17.7 Å². The van der Waals surface area contributed by atoms with Gasteiger partial charge in [0.05, 0.1) is 11.5 Å². The molecule has 2 rings (SSSR count). The SMILES string of the molecule is CCOC(=O)c1nc(Cl)nc(N(C(=O)OC(C)(C)C)C2CCNCC2)c1[N+](=O)[O-]. The maximum absolute atomic E-state index is 13.0. The number of hydrogen-bond donors (Lipinski definition) is 1. The van der Waals surface area contributed by atoms with Crippen LogP contribution in [0, 0.1) is 10.1 Å². The van der Waals surface area contributed by atoms with E-state index in [2.05, 4.69) is 15.3 Å². The number of nitro groups is 1. The molecule has 29 heavy (non-hydrogen) atoms. The van der Waals surface area contributed by atoms with Crippen molar-refractivity contribution < 1.29 is 24.0 Å². The number of carbonyl (C=O) groups excluding carboxylic acids is 2. The van der Waals surface area contributed by atoms with Crippen molar-refractivity contribution in [2.75, 3.05) is 24.6 Å². The standard InChI is InChI=1S/C17H24ClN5O6/c1-5-28-14(24)11-12(23(26)27)13(21-15(18)20-11)22(10-6-8-19-9-7-10)16(25)29-17(2,3)4/h10,19H,5-9H2,1-4H3. The summed E-state index contributed by atoms with van der Waals surface area (Å²) in [7, 11) is 0. The van der Waals surface area contributed by atoms with E-state index in [1.54, 1.807) is 27.7 Å². The number of rotatable bonds is 5. The fourth-order valence-electron chi connectivity index (χ4n) is 2.88. The van der Waals surface area contributed by atoms with Crippen LogP contribution in [0.1, 0.15) is 51.0 Å². The monoisotopic (exact) mass is 429 g/mol. The van der Waals surface area contributed by atoms with Crippen molar-refractivity contribution in [3.05, 3.63) is 21.1 Å². The summed E-state index contributed by atoms with van der Waals surface area (Å²) < 4.78 is 10.3. The second-order valence-corrected chi connectivity index (χ2v) is 7.66. The highest BCUT2D eigenvalue weighted by atomic mass is 35.5. The zero-order valence-electron chi connectivity index (χ0n) is 16.7. The first-order chi connectivity index (χ1) is 13.5. The molecule has 1 aromatic heterocycles. The molecule has 1 aromatic rings. The average molecular weight is 430 g/mol. The molecular formula is C17H24ClN5O6. The average Bonchev–Trinajstić information content (AvgIpc) is 2.60. The van der Waals surface area contributed by atoms with Gasteiger partial charge in [-0.1, -0.05) is 0 Å². The van der Waals surface area contributed by atoms with Crippen LogP contribution in [-0.4, -0.2) is 58.3 Å². The van der Waals surface area contributed by atoms with E-state index in [-0.39, 0.29) is 12.4 Å². The Morgan fingerprint density at radius 1 is 1.31 bits per heavy atom. The van der Waals surface area contributed by atoms with Crippen molar-refractivity contribution in [2.24, 2.45) is 0 Å². The van der Waals surface area contributed by atoms with Crippen molar-refractivity contribution in [3.8, 4) is 0 Å². The number of hydrogen-bond acceptors (Lipinski definition) is 9. The second-order valence-electron chi connectivity index (χ2n) is 7.32. The molecule has 0 bridgehead atoms. The molecule has 0 aliphatic carbocycles. The molecule has 1 N–H and O–H groups in total. The lowest BCUT2D eigenvalue weighted by Gasteiger charge is -2.34. The van der Waals surface area contributed by atoms with Crippen LogP contribution in [-0.2, 0) is 9.47 Å². The molecule has 1 aliphatic heterocycles. The fraction of sp³-hybridized carbons (Fsp3) is 0.647. The van der Waals surface area contributed by atoms with E-state index in [9.17, 15) is 19.7 Å². The first kappa shape index (κ1) is 22.8. The maximum Gasteiger partial charge on any atom is 0.416 e. The highest BCUT2D eigenvalue weighted by Crippen LogP contribution is 2.34. The van der Waals surface area contributed by atoms with Crippen LogP contribution in [0.25, 0.3) is 0 Å². The molecule has 1 saturated heterocycles. The first-order valence-corrected chi connectivity index (χ1v) is 9.55. The maximum atomic E-state index is 13.0. The van der Waals surface area contributed by atoms with Crippen LogP contribution in [0.2, 0.25) is 5.28 Å². The Morgan fingerprint density at radius 2 is 1.93 bits per heavy atom. The fourth-order valence-corrected chi connectivity index (χ4v) is 3.04. The molecule has 1 amide bonds.